The van der Waals surface area contributed by atoms with Crippen molar-refractivity contribution in [1.29, 1.82) is 0 Å². The summed E-state index contributed by atoms with van der Waals surface area (Å²) in [5, 5.41) is 18.7. The minimum absolute atomic E-state index is 0.204. The lowest BCUT2D eigenvalue weighted by molar-refractivity contribution is -0.133. The van der Waals surface area contributed by atoms with E-state index in [1.54, 1.807) is 30.1 Å². The molecule has 138 valence electrons. The zero-order valence-electron chi connectivity index (χ0n) is 14.8. The van der Waals surface area contributed by atoms with E-state index >= 15 is 0 Å². The second-order valence-electron chi connectivity index (χ2n) is 6.16. The van der Waals surface area contributed by atoms with Gasteiger partial charge in [-0.3, -0.25) is 4.79 Å². The molecule has 2 rings (SSSR count). The van der Waals surface area contributed by atoms with Crippen molar-refractivity contribution in [1.82, 2.24) is 14.8 Å². The Morgan fingerprint density at radius 2 is 1.77 bits per heavy atom. The number of carboxylic acids is 2. The lowest BCUT2D eigenvalue weighted by Gasteiger charge is -2.20. The molecule has 3 N–H and O–H groups in total. The maximum atomic E-state index is 12.7. The van der Waals surface area contributed by atoms with E-state index in [1.807, 2.05) is 19.0 Å². The number of carbonyl (C=O) groups excluding carboxylic acids is 1. The van der Waals surface area contributed by atoms with Gasteiger partial charge in [0, 0.05) is 43.4 Å². The first-order valence-corrected chi connectivity index (χ1v) is 7.91. The summed E-state index contributed by atoms with van der Waals surface area (Å²) in [5.41, 5.74) is 0.742. The first-order chi connectivity index (χ1) is 12.2. The number of para-hydroxylation sites is 1. The first-order valence-electron chi connectivity index (χ1n) is 7.91. The van der Waals surface area contributed by atoms with Crippen molar-refractivity contribution in [2.24, 2.45) is 0 Å². The number of hydrogen-bond donors (Lipinski definition) is 3. The number of likely N-dealkylation sites (N-methyl/N-ethyl adjacent to an activating group) is 2. The summed E-state index contributed by atoms with van der Waals surface area (Å²) in [5.74, 6) is -2.91. The van der Waals surface area contributed by atoms with Gasteiger partial charge >= 0.3 is 11.9 Å². The Bertz CT molecular complexity index is 882. The van der Waals surface area contributed by atoms with Crippen molar-refractivity contribution >= 4 is 34.3 Å². The highest BCUT2D eigenvalue weighted by atomic mass is 16.4. The molecular formula is C18H21N3O5. The lowest BCUT2D eigenvalue weighted by atomic mass is 10.0. The van der Waals surface area contributed by atoms with Crippen LogP contribution in [-0.2, 0) is 9.59 Å². The monoisotopic (exact) mass is 359 g/mol. The highest BCUT2D eigenvalue weighted by Crippen LogP contribution is 2.28. The van der Waals surface area contributed by atoms with Gasteiger partial charge in [0.1, 0.15) is 0 Å². The number of amides is 1. The number of nitrogens with one attached hydrogen (secondary N) is 1. The fraction of sp³-hybridized carbons (Fsp3) is 0.278. The molecule has 0 aliphatic rings. The number of aliphatic carboxylic acids is 2. The molecule has 0 aliphatic carbocycles. The summed E-state index contributed by atoms with van der Waals surface area (Å²) in [4.78, 5) is 41.5. The minimum atomic E-state index is -1.35. The van der Waals surface area contributed by atoms with Crippen molar-refractivity contribution in [2.45, 2.75) is 0 Å². The van der Waals surface area contributed by atoms with Crippen LogP contribution in [0.2, 0.25) is 0 Å². The summed E-state index contributed by atoms with van der Waals surface area (Å²) in [7, 11) is 5.53. The normalized spacial score (nSPS) is 11.8. The summed E-state index contributed by atoms with van der Waals surface area (Å²) >= 11 is 0. The number of nitrogens with zero attached hydrogens (tertiary/aromatic N) is 2. The number of fused-ring (bicyclic) bond motifs is 1. The molecule has 0 spiro atoms. The summed E-state index contributed by atoms with van der Waals surface area (Å²) < 4.78 is 0. The van der Waals surface area contributed by atoms with Gasteiger partial charge in [-0.1, -0.05) is 12.1 Å². The van der Waals surface area contributed by atoms with Crippen molar-refractivity contribution in [3.8, 4) is 0 Å². The first kappa shape index (κ1) is 19.2. The van der Waals surface area contributed by atoms with E-state index in [2.05, 4.69) is 4.98 Å². The summed E-state index contributed by atoms with van der Waals surface area (Å²) in [6.45, 7) is 1.24. The van der Waals surface area contributed by atoms with Crippen LogP contribution in [0.3, 0.4) is 0 Å². The zero-order chi connectivity index (χ0) is 19.4. The number of hydrogen-bond acceptors (Lipinski definition) is 4. The van der Waals surface area contributed by atoms with E-state index in [0.717, 1.165) is 0 Å². The number of carbonyl (C=O) groups is 3. The van der Waals surface area contributed by atoms with Gasteiger partial charge in [0.2, 0.25) is 0 Å². The molecule has 0 atom stereocenters. The second-order valence-corrected chi connectivity index (χ2v) is 6.16. The van der Waals surface area contributed by atoms with Crippen molar-refractivity contribution in [2.75, 3.05) is 34.2 Å². The van der Waals surface area contributed by atoms with E-state index in [0.29, 0.717) is 35.6 Å². The summed E-state index contributed by atoms with van der Waals surface area (Å²) in [6, 6.07) is 4.95. The van der Waals surface area contributed by atoms with Crippen LogP contribution in [0, 0.1) is 0 Å². The van der Waals surface area contributed by atoms with Crippen LogP contribution in [-0.4, -0.2) is 77.1 Å². The number of carboxylic acid groups (broad SMARTS) is 2. The van der Waals surface area contributed by atoms with Gasteiger partial charge < -0.3 is 25.0 Å². The standard InChI is InChI=1S/C18H21N3O5/c1-20(2)7-8-21(3)17(24)12-6-4-5-11-14(10-19-16(11)12)13(18(25)26)9-15(22)23/h4-6,9-10,19H,7-8H2,1-3H3,(H,22,23)(H,25,26)/b13-9+. The van der Waals surface area contributed by atoms with Gasteiger partial charge in [-0.2, -0.15) is 0 Å². The van der Waals surface area contributed by atoms with Crippen molar-refractivity contribution < 1.29 is 24.6 Å². The van der Waals surface area contributed by atoms with Crippen LogP contribution >= 0.6 is 0 Å². The van der Waals surface area contributed by atoms with Crippen molar-refractivity contribution in [3.05, 3.63) is 41.6 Å². The van der Waals surface area contributed by atoms with Crippen LogP contribution in [0.5, 0.6) is 0 Å². The molecule has 1 heterocycles. The Morgan fingerprint density at radius 1 is 1.08 bits per heavy atom. The highest BCUT2D eigenvalue weighted by Gasteiger charge is 2.21. The third-order valence-electron chi connectivity index (χ3n) is 3.96. The molecule has 8 nitrogen and oxygen atoms in total. The molecule has 26 heavy (non-hydrogen) atoms. The fourth-order valence-corrected chi connectivity index (χ4v) is 2.59. The number of H-pyrrole nitrogens is 1. The van der Waals surface area contributed by atoms with Gasteiger partial charge in [0.25, 0.3) is 5.91 Å². The molecule has 1 aromatic carbocycles. The Morgan fingerprint density at radius 3 is 2.35 bits per heavy atom. The number of aromatic amines is 1. The fourth-order valence-electron chi connectivity index (χ4n) is 2.59. The third-order valence-corrected chi connectivity index (χ3v) is 3.96. The number of rotatable bonds is 7. The predicted octanol–water partition coefficient (Wildman–Crippen LogP) is 1.35. The summed E-state index contributed by atoms with van der Waals surface area (Å²) in [6.07, 6.45) is 2.05. The Labute approximate surface area is 150 Å². The maximum Gasteiger partial charge on any atom is 0.336 e. The number of benzene rings is 1. The van der Waals surface area contributed by atoms with Gasteiger partial charge in [0.15, 0.2) is 0 Å². The average molecular weight is 359 g/mol. The van der Waals surface area contributed by atoms with E-state index in [-0.39, 0.29) is 17.0 Å². The molecule has 1 amide bonds. The molecule has 0 radical (unpaired) electrons. The van der Waals surface area contributed by atoms with Gasteiger partial charge in [-0.25, -0.2) is 9.59 Å². The zero-order valence-corrected chi connectivity index (χ0v) is 14.8. The molecule has 0 bridgehead atoms. The molecule has 2 aromatic rings. The Hall–Kier alpha value is -3.13. The van der Waals surface area contributed by atoms with Gasteiger partial charge in [-0.05, 0) is 20.2 Å². The highest BCUT2D eigenvalue weighted by molar-refractivity contribution is 6.23. The third kappa shape index (κ3) is 4.09. The van der Waals surface area contributed by atoms with Gasteiger partial charge in [0.05, 0.1) is 16.7 Å². The van der Waals surface area contributed by atoms with Crippen LogP contribution < -0.4 is 0 Å². The molecule has 8 heteroatoms. The Kier molecular flexibility index (Phi) is 5.78. The predicted molar refractivity (Wildman–Crippen MR) is 97.1 cm³/mol. The molecule has 0 saturated carbocycles. The maximum absolute atomic E-state index is 12.7. The molecular weight excluding hydrogens is 338 g/mol. The van der Waals surface area contributed by atoms with E-state index in [1.165, 1.54) is 6.20 Å². The average Bonchev–Trinajstić information content (AvgIpc) is 3.00. The molecule has 0 unspecified atom stereocenters. The largest absolute Gasteiger partial charge is 0.478 e. The van der Waals surface area contributed by atoms with Gasteiger partial charge in [-0.15, -0.1) is 0 Å². The number of aromatic nitrogens is 1. The second kappa shape index (κ2) is 7.83. The van der Waals surface area contributed by atoms with E-state index in [9.17, 15) is 19.5 Å². The van der Waals surface area contributed by atoms with Crippen LogP contribution in [0.15, 0.2) is 30.5 Å². The van der Waals surface area contributed by atoms with Crippen LogP contribution in [0.1, 0.15) is 15.9 Å². The smallest absolute Gasteiger partial charge is 0.336 e. The minimum Gasteiger partial charge on any atom is -0.478 e. The van der Waals surface area contributed by atoms with E-state index in [4.69, 9.17) is 5.11 Å². The van der Waals surface area contributed by atoms with Crippen LogP contribution in [0.25, 0.3) is 16.5 Å². The Balaban J connectivity index is 2.47. The van der Waals surface area contributed by atoms with Crippen molar-refractivity contribution in [3.63, 3.8) is 0 Å². The molecule has 0 fully saturated rings. The van der Waals surface area contributed by atoms with E-state index < -0.39 is 11.9 Å². The van der Waals surface area contributed by atoms with Crippen LogP contribution in [0.4, 0.5) is 0 Å². The SMILES string of the molecule is CN(C)CCN(C)C(=O)c1cccc2c(/C(=C\C(=O)O)C(=O)O)c[nH]c12. The lowest BCUT2D eigenvalue weighted by Crippen LogP contribution is -2.33. The topological polar surface area (TPSA) is 114 Å². The quantitative estimate of drug-likeness (QED) is 0.643. The molecule has 0 saturated heterocycles. The molecule has 0 aliphatic heterocycles. The molecule has 1 aromatic heterocycles.